The zero-order valence-electron chi connectivity index (χ0n) is 12.9. The van der Waals surface area contributed by atoms with Gasteiger partial charge in [0.1, 0.15) is 0 Å². The number of rotatable bonds is 11. The molecule has 0 aromatic heterocycles. The minimum atomic E-state index is -0.0905. The molecule has 0 heterocycles. The molecule has 1 aliphatic rings. The summed E-state index contributed by atoms with van der Waals surface area (Å²) in [7, 11) is 0. The molecule has 0 aromatic carbocycles. The van der Waals surface area contributed by atoms with Crippen molar-refractivity contribution >= 4 is 0 Å². The van der Waals surface area contributed by atoms with Gasteiger partial charge in [-0.15, -0.1) is 0 Å². The van der Waals surface area contributed by atoms with Gasteiger partial charge in [-0.2, -0.15) is 0 Å². The Kier molecular flexibility index (Phi) is 8.67. The Morgan fingerprint density at radius 2 is 2.00 bits per heavy atom. The van der Waals surface area contributed by atoms with Gasteiger partial charge in [0.15, 0.2) is 0 Å². The summed E-state index contributed by atoms with van der Waals surface area (Å²) < 4.78 is 5.80. The lowest BCUT2D eigenvalue weighted by Crippen LogP contribution is -2.48. The van der Waals surface area contributed by atoms with Gasteiger partial charge in [0.05, 0.1) is 6.61 Å². The fourth-order valence-corrected chi connectivity index (χ4v) is 2.97. The van der Waals surface area contributed by atoms with Crippen molar-refractivity contribution < 1.29 is 9.84 Å². The van der Waals surface area contributed by atoms with Crippen molar-refractivity contribution in [2.75, 3.05) is 26.4 Å². The summed E-state index contributed by atoms with van der Waals surface area (Å²) in [6.45, 7) is 7.31. The van der Waals surface area contributed by atoms with E-state index < -0.39 is 0 Å². The van der Waals surface area contributed by atoms with Gasteiger partial charge < -0.3 is 15.2 Å². The van der Waals surface area contributed by atoms with Gasteiger partial charge in [-0.1, -0.05) is 26.7 Å². The van der Waals surface area contributed by atoms with Crippen molar-refractivity contribution in [3.63, 3.8) is 0 Å². The van der Waals surface area contributed by atoms with Crippen molar-refractivity contribution in [1.29, 1.82) is 0 Å². The summed E-state index contributed by atoms with van der Waals surface area (Å²) in [5, 5.41) is 13.1. The molecule has 0 amide bonds. The molecule has 0 spiro atoms. The number of aliphatic hydroxyl groups is 1. The summed E-state index contributed by atoms with van der Waals surface area (Å²) in [4.78, 5) is 0. The zero-order valence-corrected chi connectivity index (χ0v) is 12.9. The highest BCUT2D eigenvalue weighted by molar-refractivity contribution is 4.85. The van der Waals surface area contributed by atoms with E-state index in [9.17, 15) is 5.11 Å². The standard InChI is InChI=1S/C16H33NO2/c1-3-11-17-16(4-2,14-18)10-7-12-19-13-15-8-5-6-9-15/h15,17-18H,3-14H2,1-2H3. The van der Waals surface area contributed by atoms with Crippen LogP contribution in [0.2, 0.25) is 0 Å². The van der Waals surface area contributed by atoms with Gasteiger partial charge in [0.25, 0.3) is 0 Å². The fraction of sp³-hybridized carbons (Fsp3) is 1.00. The molecule has 0 saturated heterocycles. The Morgan fingerprint density at radius 3 is 2.58 bits per heavy atom. The lowest BCUT2D eigenvalue weighted by Gasteiger charge is -2.32. The summed E-state index contributed by atoms with van der Waals surface area (Å²) in [6.07, 6.45) is 9.62. The fourth-order valence-electron chi connectivity index (χ4n) is 2.97. The van der Waals surface area contributed by atoms with Crippen molar-refractivity contribution in [3.05, 3.63) is 0 Å². The van der Waals surface area contributed by atoms with Crippen LogP contribution in [0, 0.1) is 5.92 Å². The molecule has 0 aromatic rings. The van der Waals surface area contributed by atoms with E-state index in [-0.39, 0.29) is 12.1 Å². The third kappa shape index (κ3) is 6.24. The third-order valence-electron chi connectivity index (χ3n) is 4.50. The molecule has 114 valence electrons. The molecule has 0 bridgehead atoms. The molecule has 3 heteroatoms. The second kappa shape index (κ2) is 9.73. The van der Waals surface area contributed by atoms with E-state index in [0.29, 0.717) is 0 Å². The first-order valence-corrected chi connectivity index (χ1v) is 8.20. The van der Waals surface area contributed by atoms with Gasteiger partial charge in [0.2, 0.25) is 0 Å². The largest absolute Gasteiger partial charge is 0.394 e. The smallest absolute Gasteiger partial charge is 0.0613 e. The average molecular weight is 271 g/mol. The van der Waals surface area contributed by atoms with Gasteiger partial charge in [0, 0.05) is 18.8 Å². The van der Waals surface area contributed by atoms with E-state index >= 15 is 0 Å². The van der Waals surface area contributed by atoms with Crippen molar-refractivity contribution in [2.45, 2.75) is 70.8 Å². The van der Waals surface area contributed by atoms with Crippen LogP contribution in [0.3, 0.4) is 0 Å². The first-order chi connectivity index (χ1) is 9.26. The first-order valence-electron chi connectivity index (χ1n) is 8.20. The normalized spacial score (nSPS) is 19.7. The topological polar surface area (TPSA) is 41.5 Å². The highest BCUT2D eigenvalue weighted by Gasteiger charge is 2.25. The lowest BCUT2D eigenvalue weighted by molar-refractivity contribution is 0.0826. The van der Waals surface area contributed by atoms with E-state index in [4.69, 9.17) is 4.74 Å². The summed E-state index contributed by atoms with van der Waals surface area (Å²) in [5.74, 6) is 0.812. The molecular formula is C16H33NO2. The molecular weight excluding hydrogens is 238 g/mol. The molecule has 0 radical (unpaired) electrons. The van der Waals surface area contributed by atoms with Gasteiger partial charge >= 0.3 is 0 Å². The minimum absolute atomic E-state index is 0.0905. The predicted molar refractivity (Wildman–Crippen MR) is 80.4 cm³/mol. The van der Waals surface area contributed by atoms with E-state index in [1.165, 1.54) is 25.7 Å². The molecule has 0 aliphatic heterocycles. The quantitative estimate of drug-likeness (QED) is 0.567. The Bertz CT molecular complexity index is 211. The van der Waals surface area contributed by atoms with Crippen LogP contribution in [-0.4, -0.2) is 37.0 Å². The van der Waals surface area contributed by atoms with E-state index in [1.54, 1.807) is 0 Å². The van der Waals surface area contributed by atoms with Crippen molar-refractivity contribution in [2.24, 2.45) is 5.92 Å². The van der Waals surface area contributed by atoms with Gasteiger partial charge in [-0.25, -0.2) is 0 Å². The van der Waals surface area contributed by atoms with Crippen LogP contribution in [0.25, 0.3) is 0 Å². The van der Waals surface area contributed by atoms with Crippen molar-refractivity contribution in [3.8, 4) is 0 Å². The zero-order chi connectivity index (χ0) is 14.0. The maximum absolute atomic E-state index is 9.63. The number of hydrogen-bond donors (Lipinski definition) is 2. The molecule has 1 atom stereocenters. The Balaban J connectivity index is 2.12. The van der Waals surface area contributed by atoms with E-state index in [2.05, 4.69) is 19.2 Å². The van der Waals surface area contributed by atoms with Crippen molar-refractivity contribution in [1.82, 2.24) is 5.32 Å². The lowest BCUT2D eigenvalue weighted by atomic mass is 9.91. The van der Waals surface area contributed by atoms with Crippen LogP contribution in [0.5, 0.6) is 0 Å². The summed E-state index contributed by atoms with van der Waals surface area (Å²) >= 11 is 0. The summed E-state index contributed by atoms with van der Waals surface area (Å²) in [5.41, 5.74) is -0.0905. The molecule has 19 heavy (non-hydrogen) atoms. The Hall–Kier alpha value is -0.120. The van der Waals surface area contributed by atoms with Crippen LogP contribution >= 0.6 is 0 Å². The maximum atomic E-state index is 9.63. The number of ether oxygens (including phenoxy) is 1. The average Bonchev–Trinajstić information content (AvgIpc) is 2.95. The maximum Gasteiger partial charge on any atom is 0.0613 e. The van der Waals surface area contributed by atoms with Gasteiger partial charge in [-0.05, 0) is 51.0 Å². The Labute approximate surface area is 119 Å². The second-order valence-corrected chi connectivity index (χ2v) is 6.05. The van der Waals surface area contributed by atoms with E-state index in [1.807, 2.05) is 0 Å². The van der Waals surface area contributed by atoms with Crippen LogP contribution in [0.15, 0.2) is 0 Å². The third-order valence-corrected chi connectivity index (χ3v) is 4.50. The van der Waals surface area contributed by atoms with Crippen LogP contribution in [0.4, 0.5) is 0 Å². The van der Waals surface area contributed by atoms with Crippen LogP contribution in [-0.2, 0) is 4.74 Å². The number of aliphatic hydroxyl groups excluding tert-OH is 1. The predicted octanol–water partition coefficient (Wildman–Crippen LogP) is 3.11. The van der Waals surface area contributed by atoms with Gasteiger partial charge in [-0.3, -0.25) is 0 Å². The SMILES string of the molecule is CCCNC(CC)(CO)CCCOCC1CCCC1. The molecule has 2 N–H and O–H groups in total. The number of hydrogen-bond acceptors (Lipinski definition) is 3. The Morgan fingerprint density at radius 1 is 1.26 bits per heavy atom. The summed E-state index contributed by atoms with van der Waals surface area (Å²) in [6, 6.07) is 0. The number of nitrogens with one attached hydrogen (secondary N) is 1. The molecule has 1 fully saturated rings. The first kappa shape index (κ1) is 16.9. The second-order valence-electron chi connectivity index (χ2n) is 6.05. The monoisotopic (exact) mass is 271 g/mol. The highest BCUT2D eigenvalue weighted by atomic mass is 16.5. The molecule has 1 aliphatic carbocycles. The van der Waals surface area contributed by atoms with E-state index in [0.717, 1.165) is 51.4 Å². The van der Waals surface area contributed by atoms with Crippen LogP contribution < -0.4 is 5.32 Å². The molecule has 1 saturated carbocycles. The molecule has 1 rings (SSSR count). The molecule has 3 nitrogen and oxygen atoms in total. The minimum Gasteiger partial charge on any atom is -0.394 e. The highest BCUT2D eigenvalue weighted by Crippen LogP contribution is 2.25. The molecule has 1 unspecified atom stereocenters. The van der Waals surface area contributed by atoms with Crippen LogP contribution in [0.1, 0.15) is 65.2 Å².